The number of hydrogen-bond donors (Lipinski definition) is 1. The normalized spacial score (nSPS) is 19.8. The maximum Gasteiger partial charge on any atom is 0.0959 e. The van der Waals surface area contributed by atoms with Crippen LogP contribution in [0.15, 0.2) is 36.5 Å². The number of aromatic nitrogens is 2. The summed E-state index contributed by atoms with van der Waals surface area (Å²) in [5.74, 6) is 0. The van der Waals surface area contributed by atoms with E-state index >= 15 is 0 Å². The van der Waals surface area contributed by atoms with Crippen LogP contribution in [-0.4, -0.2) is 22.6 Å². The van der Waals surface area contributed by atoms with Gasteiger partial charge in [-0.25, -0.2) is 0 Å². The zero-order valence-corrected chi connectivity index (χ0v) is 11.8. The first-order valence-corrected chi connectivity index (χ1v) is 7.40. The fourth-order valence-electron chi connectivity index (χ4n) is 3.42. The number of aryl methyl sites for hydroxylation is 1. The SMILES string of the molecule is Cc1ccc2c3ncccc3n(C3CCCNC3)c2c1. The van der Waals surface area contributed by atoms with Gasteiger partial charge in [-0.1, -0.05) is 12.1 Å². The lowest BCUT2D eigenvalue weighted by atomic mass is 10.1. The quantitative estimate of drug-likeness (QED) is 0.730. The van der Waals surface area contributed by atoms with E-state index in [1.165, 1.54) is 34.8 Å². The van der Waals surface area contributed by atoms with Gasteiger partial charge in [-0.2, -0.15) is 0 Å². The van der Waals surface area contributed by atoms with Crippen molar-refractivity contribution in [2.24, 2.45) is 0 Å². The molecule has 3 aromatic rings. The van der Waals surface area contributed by atoms with E-state index in [1.54, 1.807) is 0 Å². The lowest BCUT2D eigenvalue weighted by Crippen LogP contribution is -2.31. The molecule has 1 atom stereocenters. The van der Waals surface area contributed by atoms with Crippen LogP contribution in [0.3, 0.4) is 0 Å². The molecule has 102 valence electrons. The first-order chi connectivity index (χ1) is 9.84. The molecule has 1 aliphatic rings. The van der Waals surface area contributed by atoms with Gasteiger partial charge in [0.1, 0.15) is 0 Å². The topological polar surface area (TPSA) is 29.9 Å². The number of fused-ring (bicyclic) bond motifs is 3. The molecule has 1 N–H and O–H groups in total. The van der Waals surface area contributed by atoms with Gasteiger partial charge in [-0.3, -0.25) is 4.98 Å². The molecule has 20 heavy (non-hydrogen) atoms. The first kappa shape index (κ1) is 11.9. The van der Waals surface area contributed by atoms with Crippen molar-refractivity contribution in [1.29, 1.82) is 0 Å². The van der Waals surface area contributed by atoms with E-state index in [-0.39, 0.29) is 0 Å². The second-order valence-corrected chi connectivity index (χ2v) is 5.76. The Morgan fingerprint density at radius 2 is 2.20 bits per heavy atom. The Kier molecular flexibility index (Phi) is 2.74. The zero-order valence-electron chi connectivity index (χ0n) is 11.8. The molecular weight excluding hydrogens is 246 g/mol. The molecule has 3 heterocycles. The molecule has 4 rings (SSSR count). The van der Waals surface area contributed by atoms with Gasteiger partial charge in [0.25, 0.3) is 0 Å². The number of hydrogen-bond acceptors (Lipinski definition) is 2. The highest BCUT2D eigenvalue weighted by Gasteiger charge is 2.20. The van der Waals surface area contributed by atoms with Gasteiger partial charge in [-0.15, -0.1) is 0 Å². The van der Waals surface area contributed by atoms with Crippen LogP contribution in [0.1, 0.15) is 24.4 Å². The van der Waals surface area contributed by atoms with Crippen LogP contribution in [0.2, 0.25) is 0 Å². The highest BCUT2D eigenvalue weighted by Crippen LogP contribution is 2.33. The minimum atomic E-state index is 0.537. The Hall–Kier alpha value is -1.87. The molecule has 0 saturated carbocycles. The summed E-state index contributed by atoms with van der Waals surface area (Å²) in [5, 5.41) is 4.80. The minimum Gasteiger partial charge on any atom is -0.335 e. The monoisotopic (exact) mass is 265 g/mol. The van der Waals surface area contributed by atoms with E-state index in [1.807, 2.05) is 12.3 Å². The lowest BCUT2D eigenvalue weighted by Gasteiger charge is -2.26. The van der Waals surface area contributed by atoms with Crippen molar-refractivity contribution in [3.05, 3.63) is 42.1 Å². The highest BCUT2D eigenvalue weighted by molar-refractivity contribution is 6.05. The van der Waals surface area contributed by atoms with Gasteiger partial charge in [-0.05, 0) is 50.1 Å². The smallest absolute Gasteiger partial charge is 0.0959 e. The summed E-state index contributed by atoms with van der Waals surface area (Å²) in [6.45, 7) is 4.36. The van der Waals surface area contributed by atoms with Crippen molar-refractivity contribution < 1.29 is 0 Å². The first-order valence-electron chi connectivity index (χ1n) is 7.40. The Morgan fingerprint density at radius 3 is 3.05 bits per heavy atom. The Labute approximate surface area is 118 Å². The van der Waals surface area contributed by atoms with Crippen molar-refractivity contribution in [2.45, 2.75) is 25.8 Å². The second-order valence-electron chi connectivity index (χ2n) is 5.76. The Morgan fingerprint density at radius 1 is 1.25 bits per heavy atom. The average molecular weight is 265 g/mol. The molecule has 0 radical (unpaired) electrons. The highest BCUT2D eigenvalue weighted by atomic mass is 15.1. The molecule has 1 aromatic carbocycles. The standard InChI is InChI=1S/C17H19N3/c1-12-6-7-14-16(10-12)20(13-4-2-8-18-11-13)15-5-3-9-19-17(14)15/h3,5-7,9-10,13,18H,2,4,8,11H2,1H3. The zero-order chi connectivity index (χ0) is 13.5. The van der Waals surface area contributed by atoms with E-state index in [2.05, 4.69) is 46.1 Å². The van der Waals surface area contributed by atoms with E-state index in [4.69, 9.17) is 0 Å². The van der Waals surface area contributed by atoms with Crippen LogP contribution in [-0.2, 0) is 0 Å². The summed E-state index contributed by atoms with van der Waals surface area (Å²) in [6, 6.07) is 11.5. The third-order valence-electron chi connectivity index (χ3n) is 4.35. The van der Waals surface area contributed by atoms with Gasteiger partial charge in [0, 0.05) is 24.2 Å². The van der Waals surface area contributed by atoms with Crippen LogP contribution < -0.4 is 5.32 Å². The number of pyridine rings is 1. The lowest BCUT2D eigenvalue weighted by molar-refractivity contribution is 0.386. The van der Waals surface area contributed by atoms with Crippen LogP contribution in [0.4, 0.5) is 0 Å². The van der Waals surface area contributed by atoms with Crippen molar-refractivity contribution >= 4 is 21.9 Å². The molecule has 1 fully saturated rings. The number of benzene rings is 1. The summed E-state index contributed by atoms with van der Waals surface area (Å²) < 4.78 is 2.50. The number of nitrogens with one attached hydrogen (secondary N) is 1. The second kappa shape index (κ2) is 4.60. The molecule has 3 heteroatoms. The molecule has 1 aliphatic heterocycles. The predicted molar refractivity (Wildman–Crippen MR) is 83.1 cm³/mol. The minimum absolute atomic E-state index is 0.537. The number of rotatable bonds is 1. The summed E-state index contributed by atoms with van der Waals surface area (Å²) in [7, 11) is 0. The number of piperidine rings is 1. The van der Waals surface area contributed by atoms with Gasteiger partial charge >= 0.3 is 0 Å². The number of nitrogens with zero attached hydrogens (tertiary/aromatic N) is 2. The third kappa shape index (κ3) is 1.74. The van der Waals surface area contributed by atoms with Gasteiger partial charge in [0.05, 0.1) is 16.6 Å². The summed E-state index contributed by atoms with van der Waals surface area (Å²) in [4.78, 5) is 4.61. The van der Waals surface area contributed by atoms with Crippen LogP contribution in [0, 0.1) is 6.92 Å². The van der Waals surface area contributed by atoms with Gasteiger partial charge in [0.15, 0.2) is 0 Å². The maximum absolute atomic E-state index is 4.61. The van der Waals surface area contributed by atoms with Gasteiger partial charge in [0.2, 0.25) is 0 Å². The molecule has 0 spiro atoms. The van der Waals surface area contributed by atoms with E-state index in [0.29, 0.717) is 6.04 Å². The van der Waals surface area contributed by atoms with Crippen molar-refractivity contribution in [3.8, 4) is 0 Å². The molecule has 2 aromatic heterocycles. The maximum atomic E-state index is 4.61. The van der Waals surface area contributed by atoms with Crippen LogP contribution in [0.5, 0.6) is 0 Å². The summed E-state index contributed by atoms with van der Waals surface area (Å²) in [6.07, 6.45) is 4.39. The fraction of sp³-hybridized carbons (Fsp3) is 0.353. The molecule has 1 unspecified atom stereocenters. The van der Waals surface area contributed by atoms with Crippen LogP contribution >= 0.6 is 0 Å². The Bertz CT molecular complexity index is 766. The molecular formula is C17H19N3. The fourth-order valence-corrected chi connectivity index (χ4v) is 3.42. The molecule has 1 saturated heterocycles. The van der Waals surface area contributed by atoms with Crippen molar-refractivity contribution in [3.63, 3.8) is 0 Å². The molecule has 0 bridgehead atoms. The van der Waals surface area contributed by atoms with E-state index in [0.717, 1.165) is 18.6 Å². The van der Waals surface area contributed by atoms with E-state index < -0.39 is 0 Å². The molecule has 3 nitrogen and oxygen atoms in total. The average Bonchev–Trinajstić information content (AvgIpc) is 2.81. The Balaban J connectivity index is 2.05. The molecule has 0 amide bonds. The predicted octanol–water partition coefficient (Wildman–Crippen LogP) is 3.42. The third-order valence-corrected chi connectivity index (χ3v) is 4.35. The summed E-state index contributed by atoms with van der Waals surface area (Å²) in [5.41, 5.74) is 5.03. The summed E-state index contributed by atoms with van der Waals surface area (Å²) >= 11 is 0. The van der Waals surface area contributed by atoms with Crippen molar-refractivity contribution in [2.75, 3.05) is 13.1 Å². The van der Waals surface area contributed by atoms with Crippen molar-refractivity contribution in [1.82, 2.24) is 14.9 Å². The van der Waals surface area contributed by atoms with E-state index in [9.17, 15) is 0 Å². The largest absolute Gasteiger partial charge is 0.335 e. The van der Waals surface area contributed by atoms with Gasteiger partial charge < -0.3 is 9.88 Å². The molecule has 0 aliphatic carbocycles. The van der Waals surface area contributed by atoms with Crippen LogP contribution in [0.25, 0.3) is 21.9 Å².